The van der Waals surface area contributed by atoms with Crippen molar-refractivity contribution in [1.82, 2.24) is 34.3 Å². The Labute approximate surface area is 136 Å². The topological polar surface area (TPSA) is 125 Å². The minimum Gasteiger partial charge on any atom is -0.268 e. The van der Waals surface area contributed by atoms with E-state index in [2.05, 4.69) is 24.9 Å². The highest BCUT2D eigenvalue weighted by Crippen LogP contribution is 2.04. The summed E-state index contributed by atoms with van der Waals surface area (Å²) in [6, 6.07) is 5.81. The third kappa shape index (κ3) is 3.52. The zero-order valence-electron chi connectivity index (χ0n) is 12.3. The van der Waals surface area contributed by atoms with Crippen LogP contribution in [0.1, 0.15) is 0 Å². The van der Waals surface area contributed by atoms with Gasteiger partial charge in [-0.15, -0.1) is 5.10 Å². The molecule has 0 aliphatic rings. The molecule has 0 aromatic carbocycles. The molecule has 0 atom stereocenters. The number of hydrogen-bond donors (Lipinski definition) is 1. The van der Waals surface area contributed by atoms with Crippen molar-refractivity contribution >= 4 is 10.0 Å². The molecule has 0 fully saturated rings. The summed E-state index contributed by atoms with van der Waals surface area (Å²) in [7, 11) is -3.68. The van der Waals surface area contributed by atoms with E-state index in [1.54, 1.807) is 0 Å². The molecule has 0 radical (unpaired) electrons. The second kappa shape index (κ2) is 6.68. The Kier molecular flexibility index (Phi) is 4.44. The third-order valence-electron chi connectivity index (χ3n) is 3.07. The van der Waals surface area contributed by atoms with Gasteiger partial charge in [0.2, 0.25) is 10.0 Å². The van der Waals surface area contributed by atoms with Gasteiger partial charge in [0.25, 0.3) is 5.56 Å². The molecule has 0 unspecified atom stereocenters. The average Bonchev–Trinajstić information content (AvgIpc) is 3.12. The first kappa shape index (κ1) is 16.0. The minimum atomic E-state index is -3.68. The zero-order chi connectivity index (χ0) is 17.0. The van der Waals surface area contributed by atoms with E-state index < -0.39 is 10.0 Å². The van der Waals surface area contributed by atoms with E-state index in [0.29, 0.717) is 5.82 Å². The SMILES string of the molecule is O=c1ccc(-n2cncn2)nn1CCNS(=O)(=O)c1cccnc1. The van der Waals surface area contributed by atoms with Gasteiger partial charge in [0.15, 0.2) is 5.82 Å². The van der Waals surface area contributed by atoms with Gasteiger partial charge < -0.3 is 0 Å². The molecule has 0 bridgehead atoms. The fourth-order valence-corrected chi connectivity index (χ4v) is 2.91. The summed E-state index contributed by atoms with van der Waals surface area (Å²) >= 11 is 0. The lowest BCUT2D eigenvalue weighted by Crippen LogP contribution is -2.32. The van der Waals surface area contributed by atoms with Crippen molar-refractivity contribution in [3.8, 4) is 5.82 Å². The number of aromatic nitrogens is 6. The molecule has 0 amide bonds. The van der Waals surface area contributed by atoms with Crippen molar-refractivity contribution in [3.05, 3.63) is 59.7 Å². The molecular formula is C13H13N7O3S. The van der Waals surface area contributed by atoms with Crippen molar-refractivity contribution in [3.63, 3.8) is 0 Å². The molecule has 3 heterocycles. The van der Waals surface area contributed by atoms with Gasteiger partial charge in [-0.3, -0.25) is 9.78 Å². The monoisotopic (exact) mass is 347 g/mol. The van der Waals surface area contributed by atoms with Crippen LogP contribution >= 0.6 is 0 Å². The van der Waals surface area contributed by atoms with E-state index in [1.165, 1.54) is 54.0 Å². The summed E-state index contributed by atoms with van der Waals surface area (Å²) in [5.41, 5.74) is -0.348. The highest BCUT2D eigenvalue weighted by molar-refractivity contribution is 7.89. The van der Waals surface area contributed by atoms with Gasteiger partial charge in [0.05, 0.1) is 6.54 Å². The minimum absolute atomic E-state index is 0.00491. The molecule has 3 aromatic rings. The highest BCUT2D eigenvalue weighted by Gasteiger charge is 2.13. The van der Waals surface area contributed by atoms with Crippen LogP contribution in [-0.4, -0.2) is 44.5 Å². The van der Waals surface area contributed by atoms with Crippen LogP contribution in [0.5, 0.6) is 0 Å². The van der Waals surface area contributed by atoms with Crippen LogP contribution in [0.15, 0.2) is 59.0 Å². The van der Waals surface area contributed by atoms with Gasteiger partial charge in [0, 0.05) is 25.0 Å². The van der Waals surface area contributed by atoms with Crippen LogP contribution < -0.4 is 10.3 Å². The first-order chi connectivity index (χ1) is 11.6. The Bertz CT molecular complexity index is 968. The van der Waals surface area contributed by atoms with E-state index in [9.17, 15) is 13.2 Å². The standard InChI is InChI=1S/C13H13N7O3S/c21-13-4-3-12(20-10-15-9-16-20)18-19(13)7-6-17-24(22,23)11-2-1-5-14-8-11/h1-5,8-10,17H,6-7H2. The van der Waals surface area contributed by atoms with Crippen molar-refractivity contribution in [2.24, 2.45) is 0 Å². The lowest BCUT2D eigenvalue weighted by atomic mass is 10.5. The lowest BCUT2D eigenvalue weighted by Gasteiger charge is -2.08. The number of sulfonamides is 1. The third-order valence-corrected chi connectivity index (χ3v) is 4.51. The first-order valence-electron chi connectivity index (χ1n) is 6.89. The summed E-state index contributed by atoms with van der Waals surface area (Å²) in [4.78, 5) is 19.5. The molecule has 0 saturated heterocycles. The summed E-state index contributed by atoms with van der Waals surface area (Å²) in [6.07, 6.45) is 5.53. The lowest BCUT2D eigenvalue weighted by molar-refractivity contribution is 0.541. The maximum absolute atomic E-state index is 12.1. The summed E-state index contributed by atoms with van der Waals surface area (Å²) < 4.78 is 29.1. The highest BCUT2D eigenvalue weighted by atomic mass is 32.2. The van der Waals surface area contributed by atoms with Crippen molar-refractivity contribution in [1.29, 1.82) is 0 Å². The van der Waals surface area contributed by atoms with Gasteiger partial charge >= 0.3 is 0 Å². The van der Waals surface area contributed by atoms with Crippen molar-refractivity contribution in [2.45, 2.75) is 11.4 Å². The molecule has 3 aromatic heterocycles. The van der Waals surface area contributed by atoms with E-state index >= 15 is 0 Å². The second-order valence-corrected chi connectivity index (χ2v) is 6.45. The van der Waals surface area contributed by atoms with E-state index in [-0.39, 0.29) is 23.5 Å². The fraction of sp³-hybridized carbons (Fsp3) is 0.154. The molecule has 11 heteroatoms. The molecule has 0 aliphatic carbocycles. The van der Waals surface area contributed by atoms with Crippen LogP contribution in [0.25, 0.3) is 5.82 Å². The van der Waals surface area contributed by atoms with Crippen LogP contribution in [0, 0.1) is 0 Å². The van der Waals surface area contributed by atoms with Gasteiger partial charge in [-0.2, -0.15) is 5.10 Å². The first-order valence-corrected chi connectivity index (χ1v) is 8.37. The largest absolute Gasteiger partial charge is 0.268 e. The van der Waals surface area contributed by atoms with Gasteiger partial charge in [-0.05, 0) is 18.2 Å². The number of nitrogens with one attached hydrogen (secondary N) is 1. The van der Waals surface area contributed by atoms with Gasteiger partial charge in [-0.25, -0.2) is 27.5 Å². The Hall–Kier alpha value is -2.92. The van der Waals surface area contributed by atoms with Crippen molar-refractivity contribution < 1.29 is 8.42 Å². The van der Waals surface area contributed by atoms with E-state index in [4.69, 9.17) is 0 Å². The van der Waals surface area contributed by atoms with E-state index in [1.807, 2.05) is 0 Å². The predicted molar refractivity (Wildman–Crippen MR) is 82.8 cm³/mol. The maximum atomic E-state index is 12.1. The Morgan fingerprint density at radius 3 is 2.75 bits per heavy atom. The molecule has 124 valence electrons. The summed E-state index contributed by atoms with van der Waals surface area (Å²) in [6.45, 7) is 0.0752. The molecule has 0 spiro atoms. The smallest absolute Gasteiger partial charge is 0.266 e. The quantitative estimate of drug-likeness (QED) is 0.618. The number of hydrogen-bond acceptors (Lipinski definition) is 7. The molecule has 0 saturated carbocycles. The summed E-state index contributed by atoms with van der Waals surface area (Å²) in [5, 5.41) is 8.05. The number of nitrogens with zero attached hydrogens (tertiary/aromatic N) is 6. The van der Waals surface area contributed by atoms with Crippen molar-refractivity contribution in [2.75, 3.05) is 6.54 Å². The number of pyridine rings is 1. The Morgan fingerprint density at radius 1 is 1.17 bits per heavy atom. The Balaban J connectivity index is 1.71. The second-order valence-electron chi connectivity index (χ2n) is 4.68. The maximum Gasteiger partial charge on any atom is 0.266 e. The van der Waals surface area contributed by atoms with Crippen LogP contribution in [0.4, 0.5) is 0 Å². The predicted octanol–water partition coefficient (Wildman–Crippen LogP) is -0.802. The molecule has 1 N–H and O–H groups in total. The van der Waals surface area contributed by atoms with Gasteiger partial charge in [0.1, 0.15) is 17.6 Å². The average molecular weight is 347 g/mol. The molecule has 10 nitrogen and oxygen atoms in total. The van der Waals surface area contributed by atoms with E-state index in [0.717, 1.165) is 4.68 Å². The normalized spacial score (nSPS) is 11.5. The number of rotatable bonds is 6. The molecule has 24 heavy (non-hydrogen) atoms. The molecule has 3 rings (SSSR count). The molecular weight excluding hydrogens is 334 g/mol. The zero-order valence-corrected chi connectivity index (χ0v) is 13.2. The molecule has 0 aliphatic heterocycles. The van der Waals surface area contributed by atoms with Crippen LogP contribution in [-0.2, 0) is 16.6 Å². The summed E-state index contributed by atoms with van der Waals surface area (Å²) in [5.74, 6) is 0.405. The van der Waals surface area contributed by atoms with Crippen LogP contribution in [0.2, 0.25) is 0 Å². The Morgan fingerprint density at radius 2 is 2.04 bits per heavy atom. The van der Waals surface area contributed by atoms with Crippen LogP contribution in [0.3, 0.4) is 0 Å². The fourth-order valence-electron chi connectivity index (χ4n) is 1.92. The van der Waals surface area contributed by atoms with Gasteiger partial charge in [-0.1, -0.05) is 0 Å².